The van der Waals surface area contributed by atoms with E-state index in [1.165, 1.54) is 0 Å². The fraction of sp³-hybridized carbons (Fsp3) is 0.818. The van der Waals surface area contributed by atoms with Crippen molar-refractivity contribution in [3.05, 3.63) is 0 Å². The zero-order valence-electron chi connectivity index (χ0n) is 10.3. The summed E-state index contributed by atoms with van der Waals surface area (Å²) in [5.74, 6) is -0.366. The first-order chi connectivity index (χ1) is 7.99. The van der Waals surface area contributed by atoms with E-state index in [9.17, 15) is 14.7 Å². The molecule has 6 heteroatoms. The van der Waals surface area contributed by atoms with Gasteiger partial charge in [-0.2, -0.15) is 0 Å². The molecule has 0 spiro atoms. The summed E-state index contributed by atoms with van der Waals surface area (Å²) in [7, 11) is 0. The lowest BCUT2D eigenvalue weighted by atomic mass is 10.2. The van der Waals surface area contributed by atoms with E-state index in [-0.39, 0.29) is 24.8 Å². The molecule has 1 atom stereocenters. The summed E-state index contributed by atoms with van der Waals surface area (Å²) < 4.78 is 0. The predicted molar refractivity (Wildman–Crippen MR) is 63.1 cm³/mol. The summed E-state index contributed by atoms with van der Waals surface area (Å²) in [6, 6.07) is 0. The van der Waals surface area contributed by atoms with Gasteiger partial charge < -0.3 is 15.7 Å². The molecule has 3 N–H and O–H groups in total. The number of amides is 2. The first kappa shape index (κ1) is 13.9. The predicted octanol–water partition coefficient (Wildman–Crippen LogP) is -1.22. The number of rotatable bonds is 4. The molecule has 0 radical (unpaired) electrons. The molecule has 0 aromatic rings. The Labute approximate surface area is 101 Å². The Morgan fingerprint density at radius 2 is 2.00 bits per heavy atom. The number of primary amides is 1. The number of nitrogens with two attached hydrogens (primary N) is 1. The molecule has 1 rings (SSSR count). The number of carbonyl (C=O) groups excluding carboxylic acids is 2. The number of aliphatic hydroxyl groups excluding tert-OH is 1. The molecule has 0 bridgehead atoms. The van der Waals surface area contributed by atoms with E-state index >= 15 is 0 Å². The molecule has 1 aliphatic heterocycles. The van der Waals surface area contributed by atoms with Gasteiger partial charge in [0.15, 0.2) is 0 Å². The van der Waals surface area contributed by atoms with Gasteiger partial charge in [-0.05, 0) is 13.3 Å². The van der Waals surface area contributed by atoms with Crippen LogP contribution < -0.4 is 5.73 Å². The van der Waals surface area contributed by atoms with Crippen molar-refractivity contribution in [2.75, 3.05) is 32.7 Å². The van der Waals surface area contributed by atoms with Gasteiger partial charge in [0.05, 0.1) is 19.1 Å². The minimum Gasteiger partial charge on any atom is -0.393 e. The maximum atomic E-state index is 11.7. The SMILES string of the molecule is CC(O)CC(=O)N1CCCN(CC(N)=O)CC1. The van der Waals surface area contributed by atoms with Crippen molar-refractivity contribution in [2.24, 2.45) is 5.73 Å². The van der Waals surface area contributed by atoms with Crippen molar-refractivity contribution in [1.82, 2.24) is 9.80 Å². The van der Waals surface area contributed by atoms with Crippen LogP contribution in [0, 0.1) is 0 Å². The lowest BCUT2D eigenvalue weighted by Gasteiger charge is -2.21. The second kappa shape index (κ2) is 6.56. The van der Waals surface area contributed by atoms with Crippen molar-refractivity contribution in [3.8, 4) is 0 Å². The molecule has 1 aliphatic rings. The van der Waals surface area contributed by atoms with Gasteiger partial charge in [0, 0.05) is 26.2 Å². The van der Waals surface area contributed by atoms with E-state index in [0.717, 1.165) is 13.0 Å². The van der Waals surface area contributed by atoms with Crippen LogP contribution in [-0.2, 0) is 9.59 Å². The van der Waals surface area contributed by atoms with Crippen molar-refractivity contribution in [3.63, 3.8) is 0 Å². The fourth-order valence-corrected chi connectivity index (χ4v) is 1.98. The largest absolute Gasteiger partial charge is 0.393 e. The molecule has 2 amide bonds. The molecule has 17 heavy (non-hydrogen) atoms. The molecule has 0 aliphatic carbocycles. The molecule has 1 unspecified atom stereocenters. The quantitative estimate of drug-likeness (QED) is 0.648. The highest BCUT2D eigenvalue weighted by atomic mass is 16.3. The summed E-state index contributed by atoms with van der Waals surface area (Å²) in [5, 5.41) is 9.18. The highest BCUT2D eigenvalue weighted by Crippen LogP contribution is 2.05. The Kier molecular flexibility index (Phi) is 5.37. The Morgan fingerprint density at radius 3 is 2.59 bits per heavy atom. The number of carbonyl (C=O) groups is 2. The van der Waals surface area contributed by atoms with Gasteiger partial charge >= 0.3 is 0 Å². The van der Waals surface area contributed by atoms with Crippen LogP contribution in [0.1, 0.15) is 19.8 Å². The van der Waals surface area contributed by atoms with E-state index in [0.29, 0.717) is 19.6 Å². The van der Waals surface area contributed by atoms with Crippen LogP contribution in [-0.4, -0.2) is 65.5 Å². The first-order valence-electron chi connectivity index (χ1n) is 5.95. The van der Waals surface area contributed by atoms with E-state index in [1.807, 2.05) is 4.90 Å². The molecule has 1 saturated heterocycles. The summed E-state index contributed by atoms with van der Waals surface area (Å²) in [6.45, 7) is 4.57. The van der Waals surface area contributed by atoms with Crippen LogP contribution in [0.3, 0.4) is 0 Å². The second-order valence-electron chi connectivity index (χ2n) is 4.53. The van der Waals surface area contributed by atoms with E-state index in [1.54, 1.807) is 11.8 Å². The Morgan fingerprint density at radius 1 is 1.29 bits per heavy atom. The third-order valence-corrected chi connectivity index (χ3v) is 2.79. The monoisotopic (exact) mass is 243 g/mol. The Balaban J connectivity index is 2.41. The molecule has 1 heterocycles. The maximum Gasteiger partial charge on any atom is 0.231 e. The smallest absolute Gasteiger partial charge is 0.231 e. The number of aliphatic hydroxyl groups is 1. The van der Waals surface area contributed by atoms with Crippen molar-refractivity contribution in [1.29, 1.82) is 0 Å². The number of nitrogens with zero attached hydrogens (tertiary/aromatic N) is 2. The molecule has 0 aromatic heterocycles. The molecular weight excluding hydrogens is 222 g/mol. The summed E-state index contributed by atoms with van der Waals surface area (Å²) in [4.78, 5) is 26.3. The molecule has 6 nitrogen and oxygen atoms in total. The minimum absolute atomic E-state index is 0.0269. The third kappa shape index (κ3) is 5.14. The normalized spacial score (nSPS) is 19.8. The fourth-order valence-electron chi connectivity index (χ4n) is 1.98. The van der Waals surface area contributed by atoms with Crippen molar-refractivity contribution < 1.29 is 14.7 Å². The maximum absolute atomic E-state index is 11.7. The molecule has 0 saturated carbocycles. The third-order valence-electron chi connectivity index (χ3n) is 2.79. The standard InChI is InChI=1S/C11H21N3O3/c1-9(15)7-11(17)14-4-2-3-13(5-6-14)8-10(12)16/h9,15H,2-8H2,1H3,(H2,12,16). The molecular formula is C11H21N3O3. The zero-order valence-corrected chi connectivity index (χ0v) is 10.3. The van der Waals surface area contributed by atoms with Crippen LogP contribution in [0.25, 0.3) is 0 Å². The number of hydrogen-bond donors (Lipinski definition) is 2. The topological polar surface area (TPSA) is 86.9 Å². The Bertz CT molecular complexity index is 281. The zero-order chi connectivity index (χ0) is 12.8. The van der Waals surface area contributed by atoms with Crippen LogP contribution >= 0.6 is 0 Å². The molecule has 0 aromatic carbocycles. The highest BCUT2D eigenvalue weighted by molar-refractivity contribution is 5.77. The number of hydrogen-bond acceptors (Lipinski definition) is 4. The van der Waals surface area contributed by atoms with E-state index < -0.39 is 6.10 Å². The van der Waals surface area contributed by atoms with Gasteiger partial charge in [0.25, 0.3) is 0 Å². The van der Waals surface area contributed by atoms with Gasteiger partial charge in [0.2, 0.25) is 11.8 Å². The van der Waals surface area contributed by atoms with Crippen LogP contribution in [0.15, 0.2) is 0 Å². The van der Waals surface area contributed by atoms with Gasteiger partial charge in [-0.25, -0.2) is 0 Å². The van der Waals surface area contributed by atoms with Crippen LogP contribution in [0.4, 0.5) is 0 Å². The summed E-state index contributed by atoms with van der Waals surface area (Å²) >= 11 is 0. The van der Waals surface area contributed by atoms with Gasteiger partial charge in [-0.1, -0.05) is 0 Å². The highest BCUT2D eigenvalue weighted by Gasteiger charge is 2.20. The van der Waals surface area contributed by atoms with Crippen LogP contribution in [0.2, 0.25) is 0 Å². The van der Waals surface area contributed by atoms with E-state index in [2.05, 4.69) is 0 Å². The summed E-state index contributed by atoms with van der Waals surface area (Å²) in [5.41, 5.74) is 5.14. The summed E-state index contributed by atoms with van der Waals surface area (Å²) in [6.07, 6.45) is 0.391. The average molecular weight is 243 g/mol. The molecule has 1 fully saturated rings. The lowest BCUT2D eigenvalue weighted by Crippen LogP contribution is -2.38. The van der Waals surface area contributed by atoms with E-state index in [4.69, 9.17) is 5.73 Å². The first-order valence-corrected chi connectivity index (χ1v) is 5.95. The minimum atomic E-state index is -0.604. The van der Waals surface area contributed by atoms with Crippen molar-refractivity contribution >= 4 is 11.8 Å². The average Bonchev–Trinajstić information content (AvgIpc) is 2.41. The molecule has 98 valence electrons. The van der Waals surface area contributed by atoms with Gasteiger partial charge in [0.1, 0.15) is 0 Å². The van der Waals surface area contributed by atoms with Crippen molar-refractivity contribution in [2.45, 2.75) is 25.9 Å². The van der Waals surface area contributed by atoms with Gasteiger partial charge in [-0.3, -0.25) is 14.5 Å². The Hall–Kier alpha value is -1.14. The van der Waals surface area contributed by atoms with Crippen LogP contribution in [0.5, 0.6) is 0 Å². The second-order valence-corrected chi connectivity index (χ2v) is 4.53. The lowest BCUT2D eigenvalue weighted by molar-refractivity contribution is -0.132. The van der Waals surface area contributed by atoms with Gasteiger partial charge in [-0.15, -0.1) is 0 Å².